The van der Waals surface area contributed by atoms with Crippen LogP contribution in [0.4, 0.5) is 5.69 Å². The molecule has 2 aliphatic rings. The second-order valence-electron chi connectivity index (χ2n) is 9.12. The molecular formula is C24H31N5O3. The van der Waals surface area contributed by atoms with Crippen LogP contribution >= 0.6 is 0 Å². The molecule has 1 aromatic carbocycles. The summed E-state index contributed by atoms with van der Waals surface area (Å²) in [6.45, 7) is 8.16. The third-order valence-electron chi connectivity index (χ3n) is 6.66. The van der Waals surface area contributed by atoms with Crippen LogP contribution < -0.4 is 10.6 Å². The molecule has 3 amide bonds. The first-order valence-electron chi connectivity index (χ1n) is 11.3. The minimum absolute atomic E-state index is 0.157. The zero-order valence-electron chi connectivity index (χ0n) is 19.2. The minimum atomic E-state index is -1.06. The van der Waals surface area contributed by atoms with Crippen LogP contribution in [0.15, 0.2) is 24.3 Å². The first-order chi connectivity index (χ1) is 15.2. The van der Waals surface area contributed by atoms with Gasteiger partial charge in [0.05, 0.1) is 6.54 Å². The number of hydrogen-bond donors (Lipinski definition) is 2. The number of anilines is 1. The summed E-state index contributed by atoms with van der Waals surface area (Å²) < 4.78 is 1.50. The van der Waals surface area contributed by atoms with E-state index < -0.39 is 5.54 Å². The number of carbonyl (C=O) groups is 3. The Balaban J connectivity index is 1.58. The lowest BCUT2D eigenvalue weighted by atomic mass is 9.94. The van der Waals surface area contributed by atoms with Crippen LogP contribution in [0.5, 0.6) is 0 Å². The Morgan fingerprint density at radius 3 is 2.56 bits per heavy atom. The van der Waals surface area contributed by atoms with Gasteiger partial charge in [-0.25, -0.2) is 0 Å². The first kappa shape index (κ1) is 22.0. The van der Waals surface area contributed by atoms with E-state index in [1.54, 1.807) is 11.8 Å². The summed E-state index contributed by atoms with van der Waals surface area (Å²) in [6.07, 6.45) is 4.16. The fourth-order valence-electron chi connectivity index (χ4n) is 4.80. The molecule has 8 heteroatoms. The molecule has 1 fully saturated rings. The molecule has 0 radical (unpaired) electrons. The number of amides is 3. The average molecular weight is 438 g/mol. The number of nitrogens with one attached hydrogen (secondary N) is 2. The number of likely N-dealkylation sites (N-methyl/N-ethyl adjacent to an activating group) is 1. The van der Waals surface area contributed by atoms with Crippen molar-refractivity contribution in [2.24, 2.45) is 0 Å². The summed E-state index contributed by atoms with van der Waals surface area (Å²) >= 11 is 0. The molecule has 2 N–H and O–H groups in total. The molecule has 1 aliphatic heterocycles. The molecule has 4 rings (SSSR count). The Kier molecular flexibility index (Phi) is 5.79. The van der Waals surface area contributed by atoms with Crippen molar-refractivity contribution in [3.8, 4) is 0 Å². The molecule has 1 saturated carbocycles. The second-order valence-corrected chi connectivity index (χ2v) is 9.12. The molecule has 8 nitrogen and oxygen atoms in total. The third-order valence-corrected chi connectivity index (χ3v) is 6.66. The molecule has 1 aromatic heterocycles. The fourth-order valence-corrected chi connectivity index (χ4v) is 4.80. The Hall–Kier alpha value is -3.16. The average Bonchev–Trinajstić information content (AvgIpc) is 3.40. The van der Waals surface area contributed by atoms with Gasteiger partial charge < -0.3 is 15.5 Å². The van der Waals surface area contributed by atoms with Crippen LogP contribution in [0.3, 0.4) is 0 Å². The van der Waals surface area contributed by atoms with Crippen LogP contribution in [0.25, 0.3) is 0 Å². The number of rotatable bonds is 5. The zero-order valence-corrected chi connectivity index (χ0v) is 19.2. The molecule has 32 heavy (non-hydrogen) atoms. The van der Waals surface area contributed by atoms with Crippen molar-refractivity contribution in [1.82, 2.24) is 20.0 Å². The standard InChI is InChI=1S/C24H31N5O3/c1-5-28-22(31)20-13-19(21(30)26-18-11-10-15(2)12-16(18)3)27-29(20)14-24(28,4)23(32)25-17-8-6-7-9-17/h10-13,17H,5-9,14H2,1-4H3,(H,25,32)(H,26,30)/t24-/m0/s1. The van der Waals surface area contributed by atoms with E-state index in [1.807, 2.05) is 39.0 Å². The second kappa shape index (κ2) is 8.41. The number of carbonyl (C=O) groups excluding carboxylic acids is 3. The van der Waals surface area contributed by atoms with Crippen LogP contribution in [-0.4, -0.2) is 50.5 Å². The van der Waals surface area contributed by atoms with Gasteiger partial charge in [-0.05, 0) is 52.2 Å². The third kappa shape index (κ3) is 3.89. The van der Waals surface area contributed by atoms with Crippen LogP contribution in [0.2, 0.25) is 0 Å². The Morgan fingerprint density at radius 2 is 1.91 bits per heavy atom. The maximum atomic E-state index is 13.2. The van der Waals surface area contributed by atoms with Gasteiger partial charge in [-0.3, -0.25) is 19.1 Å². The number of hydrogen-bond acceptors (Lipinski definition) is 4. The lowest BCUT2D eigenvalue weighted by Gasteiger charge is -2.43. The largest absolute Gasteiger partial charge is 0.351 e. The minimum Gasteiger partial charge on any atom is -0.351 e. The fraction of sp³-hybridized carbons (Fsp3) is 0.500. The van der Waals surface area contributed by atoms with Gasteiger partial charge in [0.25, 0.3) is 11.8 Å². The number of nitrogens with zero attached hydrogens (tertiary/aromatic N) is 3. The molecule has 170 valence electrons. The summed E-state index contributed by atoms with van der Waals surface area (Å²) in [5.74, 6) is -0.838. The van der Waals surface area contributed by atoms with Gasteiger partial charge in [0.1, 0.15) is 11.2 Å². The van der Waals surface area contributed by atoms with Gasteiger partial charge in [-0.2, -0.15) is 5.10 Å². The normalized spacial score (nSPS) is 20.9. The van der Waals surface area contributed by atoms with Gasteiger partial charge in [0, 0.05) is 24.3 Å². The highest BCUT2D eigenvalue weighted by molar-refractivity contribution is 6.06. The lowest BCUT2D eigenvalue weighted by Crippen LogP contribution is -2.64. The first-order valence-corrected chi connectivity index (χ1v) is 11.3. The number of fused-ring (bicyclic) bond motifs is 1. The Labute approximate surface area is 188 Å². The summed E-state index contributed by atoms with van der Waals surface area (Å²) in [7, 11) is 0. The van der Waals surface area contributed by atoms with E-state index >= 15 is 0 Å². The molecular weight excluding hydrogens is 406 g/mol. The van der Waals surface area contributed by atoms with Gasteiger partial charge in [0.15, 0.2) is 5.69 Å². The highest BCUT2D eigenvalue weighted by Gasteiger charge is 2.48. The van der Waals surface area contributed by atoms with E-state index in [0.29, 0.717) is 17.9 Å². The van der Waals surface area contributed by atoms with E-state index in [1.165, 1.54) is 10.7 Å². The Bertz CT molecular complexity index is 1070. The summed E-state index contributed by atoms with van der Waals surface area (Å²) in [5, 5.41) is 10.4. The van der Waals surface area contributed by atoms with Crippen LogP contribution in [-0.2, 0) is 11.3 Å². The maximum Gasteiger partial charge on any atom is 0.276 e. The van der Waals surface area contributed by atoms with Crippen LogP contribution in [0.1, 0.15) is 71.6 Å². The monoisotopic (exact) mass is 437 g/mol. The summed E-state index contributed by atoms with van der Waals surface area (Å²) in [6, 6.07) is 7.44. The van der Waals surface area contributed by atoms with Gasteiger partial charge >= 0.3 is 0 Å². The van der Waals surface area contributed by atoms with Crippen molar-refractivity contribution in [3.63, 3.8) is 0 Å². The van der Waals surface area contributed by atoms with Crippen molar-refractivity contribution in [2.75, 3.05) is 11.9 Å². The molecule has 0 bridgehead atoms. The number of benzene rings is 1. The predicted molar refractivity (Wildman–Crippen MR) is 122 cm³/mol. The van der Waals surface area contributed by atoms with E-state index in [0.717, 1.165) is 36.8 Å². The van der Waals surface area contributed by atoms with Crippen molar-refractivity contribution >= 4 is 23.4 Å². The predicted octanol–water partition coefficient (Wildman–Crippen LogP) is 3.05. The van der Waals surface area contributed by atoms with E-state index in [2.05, 4.69) is 15.7 Å². The highest BCUT2D eigenvalue weighted by atomic mass is 16.2. The quantitative estimate of drug-likeness (QED) is 0.751. The molecule has 0 spiro atoms. The van der Waals surface area contributed by atoms with Gasteiger partial charge in [-0.15, -0.1) is 0 Å². The SMILES string of the molecule is CCN1C(=O)c2cc(C(=O)Nc3ccc(C)cc3C)nn2C[C@@]1(C)C(=O)NC1CCCC1. The van der Waals surface area contributed by atoms with Crippen molar-refractivity contribution < 1.29 is 14.4 Å². The lowest BCUT2D eigenvalue weighted by molar-refractivity contribution is -0.133. The summed E-state index contributed by atoms with van der Waals surface area (Å²) in [5.41, 5.74) is 2.18. The molecule has 0 saturated heterocycles. The molecule has 2 heterocycles. The maximum absolute atomic E-state index is 13.2. The Morgan fingerprint density at radius 1 is 1.19 bits per heavy atom. The smallest absolute Gasteiger partial charge is 0.276 e. The summed E-state index contributed by atoms with van der Waals surface area (Å²) in [4.78, 5) is 40.9. The molecule has 2 aromatic rings. The highest BCUT2D eigenvalue weighted by Crippen LogP contribution is 2.29. The van der Waals surface area contributed by atoms with Gasteiger partial charge in [0.2, 0.25) is 5.91 Å². The molecule has 1 atom stereocenters. The zero-order chi connectivity index (χ0) is 23.0. The number of aryl methyl sites for hydroxylation is 2. The van der Waals surface area contributed by atoms with Crippen LogP contribution in [0, 0.1) is 13.8 Å². The molecule has 0 unspecified atom stereocenters. The topological polar surface area (TPSA) is 96.3 Å². The van der Waals surface area contributed by atoms with Crippen molar-refractivity contribution in [1.29, 1.82) is 0 Å². The molecule has 1 aliphatic carbocycles. The van der Waals surface area contributed by atoms with Crippen molar-refractivity contribution in [2.45, 2.75) is 71.5 Å². The van der Waals surface area contributed by atoms with E-state index in [9.17, 15) is 14.4 Å². The van der Waals surface area contributed by atoms with E-state index in [4.69, 9.17) is 0 Å². The number of aromatic nitrogens is 2. The van der Waals surface area contributed by atoms with Crippen molar-refractivity contribution in [3.05, 3.63) is 46.8 Å². The van der Waals surface area contributed by atoms with E-state index in [-0.39, 0.29) is 36.0 Å². The van der Waals surface area contributed by atoms with Gasteiger partial charge in [-0.1, -0.05) is 30.5 Å².